The topological polar surface area (TPSA) is 49.3 Å². The first-order chi connectivity index (χ1) is 14.7. The SMILES string of the molecule is CN1c2ccccc2C(=O)N(c2ccccc2)C1c1ccc(-c2cnccn2)cc1. The van der Waals surface area contributed by atoms with Gasteiger partial charge in [0.1, 0.15) is 6.17 Å². The maximum atomic E-state index is 13.5. The summed E-state index contributed by atoms with van der Waals surface area (Å²) >= 11 is 0. The predicted octanol–water partition coefficient (Wildman–Crippen LogP) is 4.94. The zero-order valence-corrected chi connectivity index (χ0v) is 16.5. The van der Waals surface area contributed by atoms with E-state index in [0.717, 1.165) is 28.2 Å². The molecule has 0 saturated heterocycles. The van der Waals surface area contributed by atoms with Crippen LogP contribution in [0.4, 0.5) is 11.4 Å². The molecule has 0 N–H and O–H groups in total. The van der Waals surface area contributed by atoms with Crippen molar-refractivity contribution < 1.29 is 4.79 Å². The highest BCUT2D eigenvalue weighted by Gasteiger charge is 2.37. The number of fused-ring (bicyclic) bond motifs is 1. The Bertz CT molecular complexity index is 1180. The smallest absolute Gasteiger partial charge is 0.262 e. The highest BCUT2D eigenvalue weighted by molar-refractivity contribution is 6.12. The van der Waals surface area contributed by atoms with Crippen LogP contribution >= 0.6 is 0 Å². The van der Waals surface area contributed by atoms with Crippen LogP contribution in [0, 0.1) is 0 Å². The minimum atomic E-state index is -0.259. The lowest BCUT2D eigenvalue weighted by molar-refractivity contribution is 0.0969. The second kappa shape index (κ2) is 7.44. The molecule has 5 heteroatoms. The standard InChI is InChI=1S/C25H20N4O/c1-28-23-10-6-5-9-21(23)25(30)29(20-7-3-2-4-8-20)24(28)19-13-11-18(12-14-19)22-17-26-15-16-27-22/h2-17,24H,1H3. The van der Waals surface area contributed by atoms with Gasteiger partial charge in [-0.2, -0.15) is 0 Å². The van der Waals surface area contributed by atoms with Crippen LogP contribution in [-0.4, -0.2) is 22.9 Å². The van der Waals surface area contributed by atoms with E-state index >= 15 is 0 Å². The summed E-state index contributed by atoms with van der Waals surface area (Å²) in [7, 11) is 2.03. The van der Waals surface area contributed by atoms with E-state index in [1.807, 2.05) is 78.7 Å². The Balaban J connectivity index is 1.62. The van der Waals surface area contributed by atoms with Gasteiger partial charge in [0.2, 0.25) is 0 Å². The summed E-state index contributed by atoms with van der Waals surface area (Å²) < 4.78 is 0. The van der Waals surface area contributed by atoms with Crippen molar-refractivity contribution in [1.82, 2.24) is 9.97 Å². The van der Waals surface area contributed by atoms with E-state index < -0.39 is 0 Å². The zero-order valence-electron chi connectivity index (χ0n) is 16.5. The van der Waals surface area contributed by atoms with Crippen LogP contribution in [0.1, 0.15) is 22.1 Å². The fourth-order valence-electron chi connectivity index (χ4n) is 4.00. The summed E-state index contributed by atoms with van der Waals surface area (Å²) in [6.45, 7) is 0. The molecule has 1 amide bonds. The Morgan fingerprint density at radius 1 is 0.833 bits per heavy atom. The molecule has 0 bridgehead atoms. The molecule has 0 saturated carbocycles. The van der Waals surface area contributed by atoms with Crippen LogP contribution in [0.2, 0.25) is 0 Å². The third-order valence-electron chi connectivity index (χ3n) is 5.45. The van der Waals surface area contributed by atoms with Crippen LogP contribution in [0.15, 0.2) is 97.5 Å². The Hall–Kier alpha value is -3.99. The lowest BCUT2D eigenvalue weighted by Crippen LogP contribution is -2.48. The number of nitrogens with zero attached hydrogens (tertiary/aromatic N) is 4. The maximum absolute atomic E-state index is 13.5. The molecule has 5 nitrogen and oxygen atoms in total. The third-order valence-corrected chi connectivity index (χ3v) is 5.45. The van der Waals surface area contributed by atoms with Crippen molar-refractivity contribution in [1.29, 1.82) is 0 Å². The van der Waals surface area contributed by atoms with Crippen molar-refractivity contribution >= 4 is 17.3 Å². The molecule has 1 aromatic heterocycles. The minimum Gasteiger partial charge on any atom is -0.349 e. The van der Waals surface area contributed by atoms with Gasteiger partial charge in [0.15, 0.2) is 0 Å². The normalized spacial score (nSPS) is 15.8. The quantitative estimate of drug-likeness (QED) is 0.496. The second-order valence-corrected chi connectivity index (χ2v) is 7.23. The highest BCUT2D eigenvalue weighted by Crippen LogP contribution is 2.40. The molecule has 4 aromatic rings. The summed E-state index contributed by atoms with van der Waals surface area (Å²) in [6.07, 6.45) is 4.84. The van der Waals surface area contributed by atoms with Crippen LogP contribution in [-0.2, 0) is 0 Å². The van der Waals surface area contributed by atoms with E-state index in [1.54, 1.807) is 18.6 Å². The van der Waals surface area contributed by atoms with Crippen molar-refractivity contribution in [3.8, 4) is 11.3 Å². The van der Waals surface area contributed by atoms with Gasteiger partial charge in [0.05, 0.1) is 23.1 Å². The van der Waals surface area contributed by atoms with Crippen molar-refractivity contribution in [3.63, 3.8) is 0 Å². The molecule has 146 valence electrons. The zero-order chi connectivity index (χ0) is 20.5. The van der Waals surface area contributed by atoms with Gasteiger partial charge >= 0.3 is 0 Å². The first-order valence-electron chi connectivity index (χ1n) is 9.81. The Morgan fingerprint density at radius 2 is 1.57 bits per heavy atom. The third kappa shape index (κ3) is 3.01. The van der Waals surface area contributed by atoms with Crippen LogP contribution < -0.4 is 9.80 Å². The second-order valence-electron chi connectivity index (χ2n) is 7.23. The molecule has 0 fully saturated rings. The largest absolute Gasteiger partial charge is 0.349 e. The molecule has 1 atom stereocenters. The van der Waals surface area contributed by atoms with Gasteiger partial charge in [-0.15, -0.1) is 0 Å². The van der Waals surface area contributed by atoms with E-state index in [9.17, 15) is 4.79 Å². The summed E-state index contributed by atoms with van der Waals surface area (Å²) in [5, 5.41) is 0. The van der Waals surface area contributed by atoms with Crippen molar-refractivity contribution in [2.24, 2.45) is 0 Å². The molecule has 0 radical (unpaired) electrons. The monoisotopic (exact) mass is 392 g/mol. The number of benzene rings is 3. The number of carbonyl (C=O) groups is 1. The lowest BCUT2D eigenvalue weighted by atomic mass is 9.99. The summed E-state index contributed by atoms with van der Waals surface area (Å²) in [5.74, 6) is -0.00194. The summed E-state index contributed by atoms with van der Waals surface area (Å²) in [4.78, 5) is 26.1. The number of amides is 1. The first-order valence-corrected chi connectivity index (χ1v) is 9.81. The molecular formula is C25H20N4O. The molecule has 30 heavy (non-hydrogen) atoms. The average molecular weight is 392 g/mol. The van der Waals surface area contributed by atoms with Gasteiger partial charge in [0.25, 0.3) is 5.91 Å². The Morgan fingerprint density at radius 3 is 2.30 bits per heavy atom. The van der Waals surface area contributed by atoms with Gasteiger partial charge in [-0.25, -0.2) is 0 Å². The van der Waals surface area contributed by atoms with Crippen molar-refractivity contribution in [2.75, 3.05) is 16.8 Å². The van der Waals surface area contributed by atoms with Gasteiger partial charge < -0.3 is 4.90 Å². The lowest BCUT2D eigenvalue weighted by Gasteiger charge is -2.44. The fourth-order valence-corrected chi connectivity index (χ4v) is 4.00. The number of carbonyl (C=O) groups excluding carboxylic acids is 1. The van der Waals surface area contributed by atoms with Crippen LogP contribution in [0.25, 0.3) is 11.3 Å². The van der Waals surface area contributed by atoms with Crippen LogP contribution in [0.3, 0.4) is 0 Å². The van der Waals surface area contributed by atoms with Gasteiger partial charge in [0, 0.05) is 30.7 Å². The highest BCUT2D eigenvalue weighted by atomic mass is 16.2. The molecule has 1 aliphatic heterocycles. The van der Waals surface area contributed by atoms with Crippen molar-refractivity contribution in [3.05, 3.63) is 109 Å². The number of anilines is 2. The molecule has 3 aromatic carbocycles. The van der Waals surface area contributed by atoms with Gasteiger partial charge in [-0.1, -0.05) is 54.6 Å². The number of hydrogen-bond donors (Lipinski definition) is 0. The average Bonchev–Trinajstić information content (AvgIpc) is 2.82. The molecule has 1 unspecified atom stereocenters. The number of aromatic nitrogens is 2. The molecule has 5 rings (SSSR count). The maximum Gasteiger partial charge on any atom is 0.262 e. The van der Waals surface area contributed by atoms with E-state index in [1.165, 1.54) is 0 Å². The predicted molar refractivity (Wildman–Crippen MR) is 118 cm³/mol. The molecule has 2 heterocycles. The van der Waals surface area contributed by atoms with Crippen LogP contribution in [0.5, 0.6) is 0 Å². The minimum absolute atomic E-state index is 0.00194. The summed E-state index contributed by atoms with van der Waals surface area (Å²) in [6, 6.07) is 25.7. The Labute approximate surface area is 175 Å². The van der Waals surface area contributed by atoms with Gasteiger partial charge in [-0.3, -0.25) is 19.7 Å². The summed E-state index contributed by atoms with van der Waals surface area (Å²) in [5.41, 5.74) is 5.34. The number of hydrogen-bond acceptors (Lipinski definition) is 4. The number of para-hydroxylation sites is 2. The van der Waals surface area contributed by atoms with Crippen molar-refractivity contribution in [2.45, 2.75) is 6.17 Å². The first kappa shape index (κ1) is 18.1. The molecular weight excluding hydrogens is 372 g/mol. The molecule has 0 aliphatic carbocycles. The van der Waals surface area contributed by atoms with E-state index in [4.69, 9.17) is 0 Å². The Kier molecular flexibility index (Phi) is 4.48. The van der Waals surface area contributed by atoms with E-state index in [0.29, 0.717) is 5.56 Å². The van der Waals surface area contributed by atoms with E-state index in [2.05, 4.69) is 27.0 Å². The van der Waals surface area contributed by atoms with Gasteiger partial charge in [-0.05, 0) is 29.8 Å². The molecule has 0 spiro atoms. The van der Waals surface area contributed by atoms with E-state index in [-0.39, 0.29) is 12.1 Å². The molecule has 1 aliphatic rings. The number of rotatable bonds is 3. The fraction of sp³-hybridized carbons (Fsp3) is 0.0800.